The number of hydrogen-bond donors (Lipinski definition) is 2. The lowest BCUT2D eigenvalue weighted by molar-refractivity contribution is 0.584. The Kier molecular flexibility index (Phi) is 7.42. The van der Waals surface area contributed by atoms with Gasteiger partial charge in [-0.25, -0.2) is 4.98 Å². The molecular weight excluding hydrogens is 397 g/mol. The molecule has 0 saturated heterocycles. The molecule has 0 fully saturated rings. The highest BCUT2D eigenvalue weighted by molar-refractivity contribution is 6.30. The summed E-state index contributed by atoms with van der Waals surface area (Å²) in [7, 11) is 0. The Morgan fingerprint density at radius 3 is 2.57 bits per heavy atom. The first-order valence-electron chi connectivity index (χ1n) is 8.98. The zero-order valence-corrected chi connectivity index (χ0v) is 16.7. The summed E-state index contributed by atoms with van der Waals surface area (Å²) in [4.78, 5) is 21.0. The van der Waals surface area contributed by atoms with Gasteiger partial charge < -0.3 is 10.6 Å². The number of aromatic nitrogens is 3. The van der Waals surface area contributed by atoms with E-state index >= 15 is 0 Å². The highest BCUT2D eigenvalue weighted by Crippen LogP contribution is 2.09. The number of anilines is 1. The number of hydrogen-bond acceptors (Lipinski definition) is 5. The average Bonchev–Trinajstić information content (AvgIpc) is 2.71. The van der Waals surface area contributed by atoms with Gasteiger partial charge in [0.25, 0.3) is 5.56 Å². The Morgan fingerprint density at radius 1 is 1.00 bits per heavy atom. The highest BCUT2D eigenvalue weighted by Gasteiger charge is 2.09. The van der Waals surface area contributed by atoms with Gasteiger partial charge in [-0.1, -0.05) is 41.4 Å². The van der Waals surface area contributed by atoms with Gasteiger partial charge in [0.2, 0.25) is 0 Å². The molecule has 3 rings (SSSR count). The topological polar surface area (TPSA) is 71.8 Å². The average molecular weight is 418 g/mol. The quantitative estimate of drug-likeness (QED) is 0.522. The van der Waals surface area contributed by atoms with Crippen LogP contribution >= 0.6 is 23.2 Å². The minimum absolute atomic E-state index is 0.234. The van der Waals surface area contributed by atoms with Crippen molar-refractivity contribution >= 4 is 29.0 Å². The van der Waals surface area contributed by atoms with Gasteiger partial charge in [0, 0.05) is 49.5 Å². The molecule has 0 atom stereocenters. The van der Waals surface area contributed by atoms with Crippen molar-refractivity contribution in [2.24, 2.45) is 0 Å². The fourth-order valence-electron chi connectivity index (χ4n) is 2.68. The monoisotopic (exact) mass is 417 g/mol. The largest absolute Gasteiger partial charge is 0.365 e. The van der Waals surface area contributed by atoms with E-state index in [4.69, 9.17) is 23.2 Å². The van der Waals surface area contributed by atoms with E-state index in [1.807, 2.05) is 42.5 Å². The van der Waals surface area contributed by atoms with Crippen molar-refractivity contribution < 1.29 is 0 Å². The van der Waals surface area contributed by atoms with Gasteiger partial charge in [-0.15, -0.1) is 0 Å². The van der Waals surface area contributed by atoms with E-state index < -0.39 is 0 Å². The van der Waals surface area contributed by atoms with Crippen molar-refractivity contribution in [2.75, 3.05) is 18.4 Å². The smallest absolute Gasteiger partial charge is 0.294 e. The first kappa shape index (κ1) is 20.3. The van der Waals surface area contributed by atoms with Crippen LogP contribution in [0.15, 0.2) is 59.7 Å². The summed E-state index contributed by atoms with van der Waals surface area (Å²) in [5.74, 6) is 0.290. The molecule has 0 unspecified atom stereocenters. The standard InChI is InChI=1S/C20H21Cl2N5O/c21-16-6-4-15(5-7-16)13-23-11-12-27-18(22)14-26-19(20(27)28)25-10-8-17-3-1-2-9-24-17/h1-7,9,14,23H,8,10-13H2,(H,25,26). The first-order chi connectivity index (χ1) is 13.6. The third kappa shape index (κ3) is 5.79. The van der Waals surface area contributed by atoms with Crippen LogP contribution in [-0.2, 0) is 19.5 Å². The zero-order valence-electron chi connectivity index (χ0n) is 15.2. The molecule has 0 aliphatic rings. The number of halogens is 2. The second kappa shape index (κ2) is 10.2. The van der Waals surface area contributed by atoms with Gasteiger partial charge in [-0.3, -0.25) is 14.3 Å². The van der Waals surface area contributed by atoms with Crippen molar-refractivity contribution in [3.05, 3.63) is 86.6 Å². The summed E-state index contributed by atoms with van der Waals surface area (Å²) in [6.07, 6.45) is 3.94. The van der Waals surface area contributed by atoms with E-state index in [9.17, 15) is 4.79 Å². The molecule has 6 nitrogen and oxygen atoms in total. The number of nitrogens with zero attached hydrogens (tertiary/aromatic N) is 3. The molecule has 0 amide bonds. The Bertz CT molecular complexity index is 945. The lowest BCUT2D eigenvalue weighted by Crippen LogP contribution is -2.30. The summed E-state index contributed by atoms with van der Waals surface area (Å²) in [5, 5.41) is 7.40. The fraction of sp³-hybridized carbons (Fsp3) is 0.250. The number of benzene rings is 1. The van der Waals surface area contributed by atoms with Crippen LogP contribution in [0, 0.1) is 0 Å². The van der Waals surface area contributed by atoms with Gasteiger partial charge in [0.15, 0.2) is 5.82 Å². The summed E-state index contributed by atoms with van der Waals surface area (Å²) < 4.78 is 1.51. The zero-order chi connectivity index (χ0) is 19.8. The lowest BCUT2D eigenvalue weighted by atomic mass is 10.2. The third-order valence-electron chi connectivity index (χ3n) is 4.16. The van der Waals surface area contributed by atoms with Gasteiger partial charge in [-0.05, 0) is 29.8 Å². The molecule has 28 heavy (non-hydrogen) atoms. The summed E-state index contributed by atoms with van der Waals surface area (Å²) in [5.41, 5.74) is 1.84. The van der Waals surface area contributed by atoms with E-state index in [2.05, 4.69) is 20.6 Å². The molecule has 146 valence electrons. The molecule has 1 aromatic carbocycles. The summed E-state index contributed by atoms with van der Waals surface area (Å²) in [6.45, 7) is 2.29. The summed E-state index contributed by atoms with van der Waals surface area (Å²) in [6, 6.07) is 13.4. The molecule has 0 saturated carbocycles. The number of nitrogens with one attached hydrogen (secondary N) is 2. The second-order valence-corrected chi connectivity index (χ2v) is 7.01. The Morgan fingerprint density at radius 2 is 1.82 bits per heavy atom. The van der Waals surface area contributed by atoms with E-state index in [0.717, 1.165) is 11.3 Å². The predicted molar refractivity (Wildman–Crippen MR) is 113 cm³/mol. The van der Waals surface area contributed by atoms with Crippen LogP contribution in [0.25, 0.3) is 0 Å². The van der Waals surface area contributed by atoms with E-state index in [1.54, 1.807) is 6.20 Å². The predicted octanol–water partition coefficient (Wildman–Crippen LogP) is 3.39. The van der Waals surface area contributed by atoms with Gasteiger partial charge in [-0.2, -0.15) is 0 Å². The SMILES string of the molecule is O=c1c(NCCc2ccccn2)ncc(Cl)n1CCNCc1ccc(Cl)cc1. The Balaban J connectivity index is 1.53. The van der Waals surface area contributed by atoms with Crippen molar-refractivity contribution in [3.8, 4) is 0 Å². The first-order valence-corrected chi connectivity index (χ1v) is 9.73. The molecule has 2 N–H and O–H groups in total. The molecule has 3 aromatic rings. The molecule has 2 heterocycles. The van der Waals surface area contributed by atoms with Crippen LogP contribution < -0.4 is 16.2 Å². The van der Waals surface area contributed by atoms with Crippen molar-refractivity contribution in [3.63, 3.8) is 0 Å². The van der Waals surface area contributed by atoms with E-state index in [0.29, 0.717) is 42.8 Å². The minimum Gasteiger partial charge on any atom is -0.365 e. The summed E-state index contributed by atoms with van der Waals surface area (Å²) >= 11 is 12.1. The molecule has 0 spiro atoms. The lowest BCUT2D eigenvalue weighted by Gasteiger charge is -2.12. The Labute approximate surface area is 173 Å². The van der Waals surface area contributed by atoms with Gasteiger partial charge in [0.1, 0.15) is 5.15 Å². The van der Waals surface area contributed by atoms with Crippen LogP contribution in [0.5, 0.6) is 0 Å². The maximum atomic E-state index is 12.6. The molecule has 0 radical (unpaired) electrons. The van der Waals surface area contributed by atoms with Crippen LogP contribution in [0.3, 0.4) is 0 Å². The van der Waals surface area contributed by atoms with Gasteiger partial charge >= 0.3 is 0 Å². The molecule has 0 bridgehead atoms. The van der Waals surface area contributed by atoms with Crippen molar-refractivity contribution in [2.45, 2.75) is 19.5 Å². The van der Waals surface area contributed by atoms with Crippen LogP contribution in [-0.4, -0.2) is 27.6 Å². The molecule has 8 heteroatoms. The van der Waals surface area contributed by atoms with E-state index in [-0.39, 0.29) is 11.4 Å². The highest BCUT2D eigenvalue weighted by atomic mass is 35.5. The van der Waals surface area contributed by atoms with Crippen LogP contribution in [0.1, 0.15) is 11.3 Å². The normalized spacial score (nSPS) is 10.8. The third-order valence-corrected chi connectivity index (χ3v) is 4.71. The van der Waals surface area contributed by atoms with E-state index in [1.165, 1.54) is 10.8 Å². The molecule has 0 aliphatic carbocycles. The van der Waals surface area contributed by atoms with Crippen molar-refractivity contribution in [1.82, 2.24) is 19.9 Å². The fourth-order valence-corrected chi connectivity index (χ4v) is 3.01. The van der Waals surface area contributed by atoms with Gasteiger partial charge in [0.05, 0.1) is 6.20 Å². The Hall–Kier alpha value is -2.41. The maximum absolute atomic E-state index is 12.6. The van der Waals surface area contributed by atoms with Crippen LogP contribution in [0.2, 0.25) is 10.2 Å². The second-order valence-electron chi connectivity index (χ2n) is 6.19. The maximum Gasteiger partial charge on any atom is 0.294 e. The number of pyridine rings is 1. The van der Waals surface area contributed by atoms with Crippen LogP contribution in [0.4, 0.5) is 5.82 Å². The molecule has 0 aliphatic heterocycles. The number of rotatable bonds is 9. The van der Waals surface area contributed by atoms with Crippen molar-refractivity contribution in [1.29, 1.82) is 0 Å². The molecule has 2 aromatic heterocycles. The molecular formula is C20H21Cl2N5O. The minimum atomic E-state index is -0.234.